The summed E-state index contributed by atoms with van der Waals surface area (Å²) in [6, 6.07) is 8.64. The van der Waals surface area contributed by atoms with Crippen molar-refractivity contribution >= 4 is 35.2 Å². The van der Waals surface area contributed by atoms with Crippen LogP contribution in [0.3, 0.4) is 0 Å². The third-order valence-corrected chi connectivity index (χ3v) is 9.63. The first-order chi connectivity index (χ1) is 23.0. The summed E-state index contributed by atoms with van der Waals surface area (Å²) in [6.45, 7) is 2.14. The molecule has 6 rings (SSSR count). The molecule has 2 amide bonds. The Balaban J connectivity index is 0.000000244. The number of nitrogens with one attached hydrogen (secondary N) is 1. The second-order valence-electron chi connectivity index (χ2n) is 12.4. The van der Waals surface area contributed by atoms with Crippen molar-refractivity contribution in [2.75, 3.05) is 34.4 Å². The minimum Gasteiger partial charge on any atom is -0.510 e. The van der Waals surface area contributed by atoms with Gasteiger partial charge in [0.2, 0.25) is 5.78 Å². The molecule has 3 aliphatic carbocycles. The number of aliphatic hydroxyl groups is 4. The summed E-state index contributed by atoms with van der Waals surface area (Å²) in [4.78, 5) is 50.8. The van der Waals surface area contributed by atoms with Gasteiger partial charge in [-0.2, -0.15) is 0 Å². The minimum absolute atomic E-state index is 0.00293. The number of amides is 2. The Labute approximate surface area is 285 Å². The number of fused-ring (bicyclic) bond motifs is 3. The first kappa shape index (κ1) is 35.5. The highest BCUT2D eigenvalue weighted by Gasteiger charge is 2.65. The lowest BCUT2D eigenvalue weighted by Gasteiger charge is -2.52. The molecular weight excluding hydrogens is 666 g/mol. The molecule has 0 bridgehead atoms. The largest absolute Gasteiger partial charge is 0.510 e. The first-order valence-electron chi connectivity index (χ1n) is 15.1. The van der Waals surface area contributed by atoms with Crippen LogP contribution in [0.5, 0.6) is 17.2 Å². The van der Waals surface area contributed by atoms with E-state index in [0.29, 0.717) is 24.7 Å². The third-order valence-electron chi connectivity index (χ3n) is 9.31. The van der Waals surface area contributed by atoms with Crippen molar-refractivity contribution in [2.45, 2.75) is 36.7 Å². The zero-order valence-electron chi connectivity index (χ0n) is 26.9. The fraction of sp³-hybridized carbons (Fsp3) is 0.394. The van der Waals surface area contributed by atoms with Crippen LogP contribution in [0, 0.1) is 11.8 Å². The quantitative estimate of drug-likeness (QED) is 0.212. The lowest BCUT2D eigenvalue weighted by Crippen LogP contribution is -2.65. The number of phenols is 1. The number of aliphatic hydroxyl groups excluding tert-OH is 2. The Morgan fingerprint density at radius 3 is 2.33 bits per heavy atom. The number of hydrogen-bond acceptors (Lipinski definition) is 13. The molecular formula is C33H36ClN3O12. The number of Topliss-reactive ketones (excluding diaryl/α,β-unsaturated/α-hetero) is 2. The zero-order valence-corrected chi connectivity index (χ0v) is 27.6. The minimum atomic E-state index is -2.78. The molecule has 49 heavy (non-hydrogen) atoms. The molecule has 2 aromatic carbocycles. The van der Waals surface area contributed by atoms with Crippen molar-refractivity contribution in [1.82, 2.24) is 10.2 Å². The summed E-state index contributed by atoms with van der Waals surface area (Å²) in [5.41, 5.74) is -1.21. The number of primary amides is 1. The topological polar surface area (TPSA) is 238 Å². The Kier molecular flexibility index (Phi) is 9.33. The van der Waals surface area contributed by atoms with E-state index in [9.17, 15) is 44.7 Å². The molecule has 0 spiro atoms. The number of ketones is 2. The van der Waals surface area contributed by atoms with Crippen LogP contribution in [0.15, 0.2) is 59.1 Å². The number of hydrogen-bond donors (Lipinski definition) is 7. The van der Waals surface area contributed by atoms with Crippen LogP contribution >= 0.6 is 11.6 Å². The van der Waals surface area contributed by atoms with Gasteiger partial charge in [0.25, 0.3) is 5.91 Å². The molecule has 1 saturated heterocycles. The number of cyclic esters (lactones) is 1. The van der Waals surface area contributed by atoms with E-state index < -0.39 is 81.1 Å². The number of nitrogens with zero attached hydrogens (tertiary/aromatic N) is 1. The lowest BCUT2D eigenvalue weighted by molar-refractivity contribution is -0.151. The molecule has 262 valence electrons. The number of alkyl carbamates (subject to hydrolysis) is 1. The van der Waals surface area contributed by atoms with Crippen LogP contribution in [0.1, 0.15) is 29.3 Å². The highest BCUT2D eigenvalue weighted by atomic mass is 35.5. The Morgan fingerprint density at radius 2 is 1.76 bits per heavy atom. The van der Waals surface area contributed by atoms with Crippen molar-refractivity contribution in [1.29, 1.82) is 0 Å². The number of likely N-dealkylation sites (N-methyl/N-ethyl adjacent to an activating group) is 1. The van der Waals surface area contributed by atoms with Crippen LogP contribution in [-0.2, 0) is 19.9 Å². The number of rotatable bonds is 6. The molecule has 2 aromatic rings. The number of carbonyl (C=O) groups is 4. The van der Waals surface area contributed by atoms with Gasteiger partial charge in [-0.15, -0.1) is 0 Å². The number of ether oxygens (including phenoxy) is 3. The molecule has 1 unspecified atom stereocenters. The second kappa shape index (κ2) is 12.9. The van der Waals surface area contributed by atoms with Gasteiger partial charge in [0.1, 0.15) is 29.4 Å². The van der Waals surface area contributed by atoms with Crippen LogP contribution in [0.25, 0.3) is 0 Å². The smallest absolute Gasteiger partial charge is 0.407 e. The van der Waals surface area contributed by atoms with E-state index in [2.05, 4.69) is 5.32 Å². The van der Waals surface area contributed by atoms with Crippen LogP contribution < -0.4 is 20.5 Å². The highest BCUT2D eigenvalue weighted by molar-refractivity contribution is 6.33. The third kappa shape index (κ3) is 5.71. The summed E-state index contributed by atoms with van der Waals surface area (Å²) in [5, 5.41) is 57.9. The maximum absolute atomic E-state index is 13.4. The SMILES string of the molecule is CN(C)[C@@H]1C(O)=C(C(N)=O)C(=O)[C@@]2(O)C(O)=C3C(=O)c4c(O)ccc(Cl)c4[C@@](C)(O)[C@H]3C[C@@H]12.COc1ccccc1OCC1CNC(=O)O1. The monoisotopic (exact) mass is 701 g/mol. The van der Waals surface area contributed by atoms with Crippen molar-refractivity contribution in [3.63, 3.8) is 0 Å². The standard InChI is InChI=1S/C22H23ClN2O8.C11H13NO4/c1-21(32)7-6-8-15(25(2)3)17(28)13(20(24)31)19(30)22(8,33)18(29)11(7)16(27)12-10(26)5-4-9(23)14(12)21;1-14-9-4-2-3-5-10(9)15-7-8-6-12-11(13)16-8/h4-5,7-8,15,26,28-29,32-33H,6H2,1-3H3,(H2,24,31);2-5,8H,6-7H2,1H3,(H,12,13)/t7-,8-,15-,21-,22-;/m0./s1. The normalized spacial score (nSPS) is 28.9. The Hall–Kier alpha value is -4.83. The van der Waals surface area contributed by atoms with E-state index in [1.54, 1.807) is 7.11 Å². The fourth-order valence-corrected chi connectivity index (χ4v) is 7.38. The molecule has 0 radical (unpaired) electrons. The number of benzene rings is 2. The molecule has 1 fully saturated rings. The van der Waals surface area contributed by atoms with Gasteiger partial charge >= 0.3 is 6.09 Å². The van der Waals surface area contributed by atoms with Crippen LogP contribution in [0.4, 0.5) is 4.79 Å². The molecule has 1 heterocycles. The average molecular weight is 702 g/mol. The molecule has 1 aliphatic heterocycles. The maximum atomic E-state index is 13.4. The van der Waals surface area contributed by atoms with Crippen LogP contribution in [0.2, 0.25) is 5.02 Å². The van der Waals surface area contributed by atoms with E-state index in [1.165, 1.54) is 32.0 Å². The van der Waals surface area contributed by atoms with Crippen molar-refractivity contribution in [3.8, 4) is 17.2 Å². The predicted molar refractivity (Wildman–Crippen MR) is 171 cm³/mol. The summed E-state index contributed by atoms with van der Waals surface area (Å²) < 4.78 is 15.6. The van der Waals surface area contributed by atoms with Gasteiger partial charge in [-0.25, -0.2) is 4.79 Å². The van der Waals surface area contributed by atoms with Crippen LogP contribution in [-0.4, -0.2) is 106 Å². The molecule has 4 aliphatic rings. The number of para-hydroxylation sites is 2. The summed E-state index contributed by atoms with van der Waals surface area (Å²) in [7, 11) is 4.61. The number of aromatic hydroxyl groups is 1. The maximum Gasteiger partial charge on any atom is 0.407 e. The molecule has 6 atom stereocenters. The summed E-state index contributed by atoms with van der Waals surface area (Å²) in [6.07, 6.45) is -0.892. The van der Waals surface area contributed by atoms with E-state index in [1.807, 2.05) is 24.3 Å². The predicted octanol–water partition coefficient (Wildman–Crippen LogP) is 1.62. The Bertz CT molecular complexity index is 1800. The lowest BCUT2D eigenvalue weighted by atomic mass is 9.55. The zero-order chi connectivity index (χ0) is 36.2. The number of nitrogens with two attached hydrogens (primary N) is 1. The number of methoxy groups -OCH3 is 1. The van der Waals surface area contributed by atoms with Gasteiger partial charge in [-0.05, 0) is 51.7 Å². The Morgan fingerprint density at radius 1 is 1.10 bits per heavy atom. The van der Waals surface area contributed by atoms with E-state index in [4.69, 9.17) is 31.5 Å². The van der Waals surface area contributed by atoms with Gasteiger partial charge in [0, 0.05) is 28.0 Å². The van der Waals surface area contributed by atoms with Gasteiger partial charge < -0.3 is 50.8 Å². The van der Waals surface area contributed by atoms with Gasteiger partial charge in [-0.1, -0.05) is 23.7 Å². The van der Waals surface area contributed by atoms with Gasteiger partial charge in [0.15, 0.2) is 29.0 Å². The average Bonchev–Trinajstić information content (AvgIpc) is 3.46. The molecule has 16 heteroatoms. The molecule has 8 N–H and O–H groups in total. The van der Waals surface area contributed by atoms with Gasteiger partial charge in [-0.3, -0.25) is 19.3 Å². The number of carbonyl (C=O) groups excluding carboxylic acids is 4. The van der Waals surface area contributed by atoms with Crippen molar-refractivity contribution in [2.24, 2.45) is 17.6 Å². The van der Waals surface area contributed by atoms with Crippen molar-refractivity contribution < 1.29 is 58.9 Å². The second-order valence-corrected chi connectivity index (χ2v) is 12.9. The summed E-state index contributed by atoms with van der Waals surface area (Å²) in [5.74, 6) is -6.98. The van der Waals surface area contributed by atoms with E-state index >= 15 is 0 Å². The van der Waals surface area contributed by atoms with Crippen molar-refractivity contribution in [3.05, 3.63) is 75.2 Å². The van der Waals surface area contributed by atoms with Gasteiger partial charge in [0.05, 0.1) is 30.9 Å². The summed E-state index contributed by atoms with van der Waals surface area (Å²) >= 11 is 6.26. The highest BCUT2D eigenvalue weighted by Crippen LogP contribution is 2.57. The number of halogens is 1. The van der Waals surface area contributed by atoms with E-state index in [0.717, 1.165) is 6.07 Å². The molecule has 0 aromatic heterocycles. The molecule has 0 saturated carbocycles. The fourth-order valence-electron chi connectivity index (χ4n) is 7.03. The van der Waals surface area contributed by atoms with E-state index in [-0.39, 0.29) is 28.7 Å². The molecule has 15 nitrogen and oxygen atoms in total. The number of phenolic OH excluding ortho intramolecular Hbond substituents is 1. The first-order valence-corrected chi connectivity index (χ1v) is 15.5.